The van der Waals surface area contributed by atoms with Gasteiger partial charge in [0.1, 0.15) is 11.9 Å². The van der Waals surface area contributed by atoms with Crippen LogP contribution in [-0.4, -0.2) is 27.9 Å². The second kappa shape index (κ2) is 5.95. The van der Waals surface area contributed by atoms with Crippen molar-refractivity contribution in [1.82, 2.24) is 4.98 Å². The van der Waals surface area contributed by atoms with E-state index in [-0.39, 0.29) is 11.7 Å². The smallest absolute Gasteiger partial charge is 0.335 e. The van der Waals surface area contributed by atoms with E-state index < -0.39 is 5.97 Å². The Morgan fingerprint density at radius 1 is 1.43 bits per heavy atom. The van der Waals surface area contributed by atoms with E-state index in [0.717, 1.165) is 17.7 Å². The molecule has 6 heteroatoms. The summed E-state index contributed by atoms with van der Waals surface area (Å²) in [5.41, 5.74) is 1.36. The van der Waals surface area contributed by atoms with Crippen LogP contribution in [0.2, 0.25) is 5.02 Å². The number of thioether (sulfide) groups is 1. The van der Waals surface area contributed by atoms with Crippen LogP contribution >= 0.6 is 23.4 Å². The second-order valence-corrected chi connectivity index (χ2v) is 6.17. The van der Waals surface area contributed by atoms with Crippen LogP contribution in [0.15, 0.2) is 41.6 Å². The minimum Gasteiger partial charge on any atom is -0.489 e. The van der Waals surface area contributed by atoms with Crippen molar-refractivity contribution in [2.75, 3.05) is 5.75 Å². The Balaban J connectivity index is 1.62. The van der Waals surface area contributed by atoms with Gasteiger partial charge in [0, 0.05) is 23.4 Å². The molecule has 1 aromatic heterocycles. The molecule has 0 radical (unpaired) electrons. The first-order valence-electron chi connectivity index (χ1n) is 6.39. The predicted octanol–water partition coefficient (Wildman–Crippen LogP) is 3.53. The highest BCUT2D eigenvalue weighted by molar-refractivity contribution is 7.99. The van der Waals surface area contributed by atoms with Crippen molar-refractivity contribution in [2.24, 2.45) is 0 Å². The third-order valence-electron chi connectivity index (χ3n) is 3.16. The summed E-state index contributed by atoms with van der Waals surface area (Å²) >= 11 is 7.46. The van der Waals surface area contributed by atoms with Gasteiger partial charge in [0.05, 0.1) is 10.6 Å². The fraction of sp³-hybridized carbons (Fsp3) is 0.200. The second-order valence-electron chi connectivity index (χ2n) is 4.69. The number of pyridine rings is 1. The molecule has 1 N–H and O–H groups in total. The van der Waals surface area contributed by atoms with Gasteiger partial charge in [-0.25, -0.2) is 9.78 Å². The van der Waals surface area contributed by atoms with Gasteiger partial charge in [0.15, 0.2) is 0 Å². The van der Waals surface area contributed by atoms with Crippen LogP contribution in [-0.2, 0) is 6.42 Å². The maximum Gasteiger partial charge on any atom is 0.335 e. The molecule has 108 valence electrons. The van der Waals surface area contributed by atoms with E-state index in [0.29, 0.717) is 15.8 Å². The fourth-order valence-corrected chi connectivity index (χ4v) is 3.26. The topological polar surface area (TPSA) is 59.4 Å². The van der Waals surface area contributed by atoms with Gasteiger partial charge in [-0.2, -0.15) is 0 Å². The number of carboxylic acids is 1. The van der Waals surface area contributed by atoms with E-state index in [1.54, 1.807) is 6.07 Å². The largest absolute Gasteiger partial charge is 0.489 e. The number of ether oxygens (including phenoxy) is 1. The van der Waals surface area contributed by atoms with Crippen molar-refractivity contribution in [1.29, 1.82) is 0 Å². The third kappa shape index (κ3) is 3.31. The molecule has 1 aromatic carbocycles. The summed E-state index contributed by atoms with van der Waals surface area (Å²) in [4.78, 5) is 15.1. The zero-order valence-corrected chi connectivity index (χ0v) is 12.5. The molecule has 0 fully saturated rings. The number of rotatable bonds is 4. The number of aromatic nitrogens is 1. The Morgan fingerprint density at radius 3 is 3.10 bits per heavy atom. The zero-order valence-electron chi connectivity index (χ0n) is 11.0. The average molecular weight is 322 g/mol. The van der Waals surface area contributed by atoms with Gasteiger partial charge in [-0.15, -0.1) is 11.8 Å². The lowest BCUT2D eigenvalue weighted by Crippen LogP contribution is -2.16. The predicted molar refractivity (Wildman–Crippen MR) is 81.5 cm³/mol. The molecular formula is C15H12ClNO3S. The molecule has 3 rings (SSSR count). The highest BCUT2D eigenvalue weighted by Crippen LogP contribution is 2.33. The summed E-state index contributed by atoms with van der Waals surface area (Å²) in [5, 5.41) is 10.4. The Kier molecular flexibility index (Phi) is 4.03. The Labute approximate surface area is 131 Å². The highest BCUT2D eigenvalue weighted by Gasteiger charge is 2.23. The van der Waals surface area contributed by atoms with Crippen LogP contribution < -0.4 is 4.74 Å². The number of carboxylic acid groups (broad SMARTS) is 1. The highest BCUT2D eigenvalue weighted by atomic mass is 35.5. The summed E-state index contributed by atoms with van der Waals surface area (Å²) in [7, 11) is 0. The minimum absolute atomic E-state index is 0.0544. The summed E-state index contributed by atoms with van der Waals surface area (Å²) in [6, 6.07) is 8.67. The van der Waals surface area contributed by atoms with Crippen LogP contribution in [0.5, 0.6) is 5.75 Å². The lowest BCUT2D eigenvalue weighted by atomic mass is 10.1. The molecule has 1 aliphatic heterocycles. The first-order valence-corrected chi connectivity index (χ1v) is 7.75. The summed E-state index contributed by atoms with van der Waals surface area (Å²) in [6.45, 7) is 0. The molecule has 0 amide bonds. The molecule has 2 aromatic rings. The van der Waals surface area contributed by atoms with Crippen molar-refractivity contribution in [3.63, 3.8) is 0 Å². The van der Waals surface area contributed by atoms with Crippen molar-refractivity contribution in [3.8, 4) is 5.75 Å². The van der Waals surface area contributed by atoms with Crippen LogP contribution in [0.1, 0.15) is 15.9 Å². The molecule has 0 bridgehead atoms. The lowest BCUT2D eigenvalue weighted by Gasteiger charge is -2.09. The van der Waals surface area contributed by atoms with Crippen LogP contribution in [0.3, 0.4) is 0 Å². The van der Waals surface area contributed by atoms with Crippen LogP contribution in [0.4, 0.5) is 0 Å². The summed E-state index contributed by atoms with van der Waals surface area (Å²) < 4.78 is 5.84. The number of halogens is 1. The summed E-state index contributed by atoms with van der Waals surface area (Å²) in [5.74, 6) is 0.637. The molecule has 1 atom stereocenters. The van der Waals surface area contributed by atoms with E-state index in [1.807, 2.05) is 18.2 Å². The summed E-state index contributed by atoms with van der Waals surface area (Å²) in [6.07, 6.45) is 2.37. The number of aromatic carboxylic acids is 1. The van der Waals surface area contributed by atoms with Crippen molar-refractivity contribution < 1.29 is 14.6 Å². The van der Waals surface area contributed by atoms with Crippen LogP contribution in [0, 0.1) is 0 Å². The number of nitrogens with zero attached hydrogens (tertiary/aromatic N) is 1. The third-order valence-corrected chi connectivity index (χ3v) is 4.46. The molecule has 1 unspecified atom stereocenters. The van der Waals surface area contributed by atoms with Gasteiger partial charge < -0.3 is 9.84 Å². The standard InChI is InChI=1S/C15H12ClNO3S/c16-11-1-2-13-10(5-11)6-12(20-13)8-21-14-7-9(15(18)19)3-4-17-14/h1-5,7,12H,6,8H2,(H,18,19). The van der Waals surface area contributed by atoms with Gasteiger partial charge in [-0.3, -0.25) is 0 Å². The normalized spacial score (nSPS) is 16.3. The minimum atomic E-state index is -0.946. The molecule has 0 saturated carbocycles. The monoisotopic (exact) mass is 321 g/mol. The molecule has 21 heavy (non-hydrogen) atoms. The SMILES string of the molecule is O=C(O)c1ccnc(SCC2Cc3cc(Cl)ccc3O2)c1. The first kappa shape index (κ1) is 14.2. The molecule has 0 saturated heterocycles. The van der Waals surface area contributed by atoms with Crippen LogP contribution in [0.25, 0.3) is 0 Å². The molecule has 0 spiro atoms. The van der Waals surface area contributed by atoms with Gasteiger partial charge in [-0.05, 0) is 35.9 Å². The molecule has 4 nitrogen and oxygen atoms in total. The lowest BCUT2D eigenvalue weighted by molar-refractivity contribution is 0.0696. The van der Waals surface area contributed by atoms with E-state index in [1.165, 1.54) is 24.0 Å². The van der Waals surface area contributed by atoms with Gasteiger partial charge in [-0.1, -0.05) is 11.6 Å². The molecule has 2 heterocycles. The first-order chi connectivity index (χ1) is 10.1. The van der Waals surface area contributed by atoms with Crippen molar-refractivity contribution >= 4 is 29.3 Å². The number of carbonyl (C=O) groups is 1. The Bertz CT molecular complexity index is 692. The zero-order chi connectivity index (χ0) is 14.8. The van der Waals surface area contributed by atoms with Gasteiger partial charge in [0.2, 0.25) is 0 Å². The molecular weight excluding hydrogens is 310 g/mol. The maximum absolute atomic E-state index is 10.9. The quantitative estimate of drug-likeness (QED) is 0.873. The number of benzene rings is 1. The fourth-order valence-electron chi connectivity index (χ4n) is 2.18. The van der Waals surface area contributed by atoms with E-state index in [9.17, 15) is 4.79 Å². The maximum atomic E-state index is 10.9. The Morgan fingerprint density at radius 2 is 2.29 bits per heavy atom. The molecule has 1 aliphatic rings. The van der Waals surface area contributed by atoms with Gasteiger partial charge in [0.25, 0.3) is 0 Å². The average Bonchev–Trinajstić information content (AvgIpc) is 2.87. The van der Waals surface area contributed by atoms with Crippen molar-refractivity contribution in [3.05, 3.63) is 52.7 Å². The van der Waals surface area contributed by atoms with Gasteiger partial charge >= 0.3 is 5.97 Å². The number of fused-ring (bicyclic) bond motifs is 1. The van der Waals surface area contributed by atoms with Crippen molar-refractivity contribution in [2.45, 2.75) is 17.6 Å². The molecule has 0 aliphatic carbocycles. The van der Waals surface area contributed by atoms with E-state index in [2.05, 4.69) is 4.98 Å². The number of hydrogen-bond donors (Lipinski definition) is 1. The Hall–Kier alpha value is -1.72. The number of hydrogen-bond acceptors (Lipinski definition) is 4. The van der Waals surface area contributed by atoms with E-state index in [4.69, 9.17) is 21.4 Å². The van der Waals surface area contributed by atoms with E-state index >= 15 is 0 Å².